The number of piperidine rings is 1. The second-order valence-corrected chi connectivity index (χ2v) is 9.97. The van der Waals surface area contributed by atoms with Gasteiger partial charge in [0.2, 0.25) is 0 Å². The molecule has 9 heteroatoms. The molecule has 0 amide bonds. The number of likely N-dealkylation sites (tertiary alicyclic amines) is 1. The lowest BCUT2D eigenvalue weighted by Crippen LogP contribution is -2.43. The second-order valence-electron chi connectivity index (χ2n) is 8.04. The van der Waals surface area contributed by atoms with Crippen molar-refractivity contribution in [1.82, 2.24) is 24.6 Å². The van der Waals surface area contributed by atoms with Gasteiger partial charge in [-0.1, -0.05) is 35.7 Å². The zero-order chi connectivity index (χ0) is 21.5. The number of phenolic OH excluding ortho intramolecular Hbond substituents is 1. The molecule has 1 saturated heterocycles. The molecular formula is C22H26N6OS2. The first-order valence-corrected chi connectivity index (χ1v) is 12.2. The standard InChI is InChI=1S/C22H26N6OS2/c1-4-28-9-7-16(8-10-28)27(3)22-25-21-20(31-22)24-19(30-21)17-6-5-14(11-18(17)29)15-12-23-26(2)13-15/h5-6,11-13,16,29H,4,7-10H2,1-3H3. The number of hydrogen-bond donors (Lipinski definition) is 1. The van der Waals surface area contributed by atoms with Gasteiger partial charge < -0.3 is 14.9 Å². The summed E-state index contributed by atoms with van der Waals surface area (Å²) in [5.41, 5.74) is 2.65. The fourth-order valence-electron chi connectivity index (χ4n) is 4.14. The van der Waals surface area contributed by atoms with E-state index < -0.39 is 0 Å². The number of anilines is 1. The van der Waals surface area contributed by atoms with Crippen molar-refractivity contribution in [2.24, 2.45) is 7.05 Å². The molecule has 0 atom stereocenters. The van der Waals surface area contributed by atoms with Crippen LogP contribution < -0.4 is 4.90 Å². The van der Waals surface area contributed by atoms with Crippen molar-refractivity contribution < 1.29 is 5.11 Å². The third-order valence-electron chi connectivity index (χ3n) is 6.08. The number of aromatic hydroxyl groups is 1. The van der Waals surface area contributed by atoms with Crippen LogP contribution in [-0.2, 0) is 7.05 Å². The molecule has 1 N–H and O–H groups in total. The van der Waals surface area contributed by atoms with E-state index in [-0.39, 0.29) is 5.75 Å². The summed E-state index contributed by atoms with van der Waals surface area (Å²) in [5, 5.41) is 16.7. The summed E-state index contributed by atoms with van der Waals surface area (Å²) in [6.07, 6.45) is 6.07. The Hall–Kier alpha value is -2.49. The largest absolute Gasteiger partial charge is 0.507 e. The van der Waals surface area contributed by atoms with Crippen LogP contribution in [0.3, 0.4) is 0 Å². The maximum atomic E-state index is 10.6. The van der Waals surface area contributed by atoms with Crippen LogP contribution in [0.5, 0.6) is 5.75 Å². The molecule has 0 unspecified atom stereocenters. The number of benzene rings is 1. The van der Waals surface area contributed by atoms with Gasteiger partial charge in [0, 0.05) is 45.0 Å². The number of thiazole rings is 2. The SMILES string of the molecule is CCN1CCC(N(C)c2nc3sc(-c4ccc(-c5cnn(C)c5)cc4O)nc3s2)CC1. The first-order chi connectivity index (χ1) is 15.0. The van der Waals surface area contributed by atoms with Crippen LogP contribution in [0.4, 0.5) is 5.13 Å². The Kier molecular flexibility index (Phi) is 5.41. The first kappa shape index (κ1) is 20.4. The lowest BCUT2D eigenvalue weighted by Gasteiger charge is -2.36. The molecular weight excluding hydrogens is 428 g/mol. The summed E-state index contributed by atoms with van der Waals surface area (Å²) in [7, 11) is 4.03. The van der Waals surface area contributed by atoms with E-state index in [1.54, 1.807) is 28.3 Å². The lowest BCUT2D eigenvalue weighted by atomic mass is 10.0. The summed E-state index contributed by atoms with van der Waals surface area (Å²) < 4.78 is 1.75. The minimum atomic E-state index is 0.225. The highest BCUT2D eigenvalue weighted by molar-refractivity contribution is 7.29. The smallest absolute Gasteiger partial charge is 0.188 e. The van der Waals surface area contributed by atoms with Crippen LogP contribution in [0.2, 0.25) is 0 Å². The van der Waals surface area contributed by atoms with Gasteiger partial charge in [0.1, 0.15) is 10.8 Å². The molecule has 4 aromatic rings. The van der Waals surface area contributed by atoms with Crippen LogP contribution >= 0.6 is 22.7 Å². The molecule has 4 heterocycles. The molecule has 1 aliphatic rings. The number of phenols is 1. The maximum Gasteiger partial charge on any atom is 0.188 e. The number of hydrogen-bond acceptors (Lipinski definition) is 8. The third-order valence-corrected chi connectivity index (χ3v) is 8.24. The van der Waals surface area contributed by atoms with Crippen molar-refractivity contribution in [3.8, 4) is 27.4 Å². The number of fused-ring (bicyclic) bond motifs is 1. The van der Waals surface area contributed by atoms with E-state index in [1.807, 2.05) is 25.4 Å². The van der Waals surface area contributed by atoms with E-state index in [0.717, 1.165) is 56.1 Å². The molecule has 7 nitrogen and oxygen atoms in total. The van der Waals surface area contributed by atoms with E-state index in [1.165, 1.54) is 24.2 Å². The molecule has 0 aliphatic carbocycles. The quantitative estimate of drug-likeness (QED) is 0.481. The highest BCUT2D eigenvalue weighted by Crippen LogP contribution is 2.40. The summed E-state index contributed by atoms with van der Waals surface area (Å²) in [6, 6.07) is 6.23. The van der Waals surface area contributed by atoms with E-state index in [4.69, 9.17) is 9.97 Å². The second kappa shape index (κ2) is 8.22. The molecule has 1 aromatic carbocycles. The van der Waals surface area contributed by atoms with E-state index >= 15 is 0 Å². The topological polar surface area (TPSA) is 70.3 Å². The molecule has 1 aliphatic heterocycles. The van der Waals surface area contributed by atoms with Crippen molar-refractivity contribution in [2.45, 2.75) is 25.8 Å². The summed E-state index contributed by atoms with van der Waals surface area (Å²) in [4.78, 5) is 16.3. The molecule has 0 spiro atoms. The lowest BCUT2D eigenvalue weighted by molar-refractivity contribution is 0.221. The van der Waals surface area contributed by atoms with E-state index in [2.05, 4.69) is 28.9 Å². The van der Waals surface area contributed by atoms with Crippen molar-refractivity contribution in [2.75, 3.05) is 31.6 Å². The predicted octanol–water partition coefficient (Wildman–Crippen LogP) is 4.45. The minimum Gasteiger partial charge on any atom is -0.507 e. The predicted molar refractivity (Wildman–Crippen MR) is 128 cm³/mol. The summed E-state index contributed by atoms with van der Waals surface area (Å²) in [5.74, 6) is 0.225. The zero-order valence-electron chi connectivity index (χ0n) is 17.9. The van der Waals surface area contributed by atoms with Gasteiger partial charge in [-0.2, -0.15) is 5.10 Å². The van der Waals surface area contributed by atoms with Gasteiger partial charge in [-0.15, -0.1) is 0 Å². The van der Waals surface area contributed by atoms with E-state index in [0.29, 0.717) is 6.04 Å². The first-order valence-electron chi connectivity index (χ1n) is 10.6. The van der Waals surface area contributed by atoms with Gasteiger partial charge in [0.15, 0.2) is 14.8 Å². The average molecular weight is 455 g/mol. The van der Waals surface area contributed by atoms with Crippen molar-refractivity contribution in [1.29, 1.82) is 0 Å². The Morgan fingerprint density at radius 3 is 2.55 bits per heavy atom. The fraction of sp³-hybridized carbons (Fsp3) is 0.409. The van der Waals surface area contributed by atoms with Crippen LogP contribution in [0.15, 0.2) is 30.6 Å². The van der Waals surface area contributed by atoms with E-state index in [9.17, 15) is 5.11 Å². The van der Waals surface area contributed by atoms with Gasteiger partial charge in [0.05, 0.1) is 11.8 Å². The molecule has 162 valence electrons. The zero-order valence-corrected chi connectivity index (χ0v) is 19.6. The van der Waals surface area contributed by atoms with Crippen LogP contribution in [-0.4, -0.2) is 62.5 Å². The Bertz CT molecular complexity index is 1170. The number of aryl methyl sites for hydroxylation is 1. The van der Waals surface area contributed by atoms with Gasteiger partial charge in [-0.3, -0.25) is 4.68 Å². The minimum absolute atomic E-state index is 0.225. The van der Waals surface area contributed by atoms with Crippen LogP contribution in [0.1, 0.15) is 19.8 Å². The molecule has 5 rings (SSSR count). The highest BCUT2D eigenvalue weighted by Gasteiger charge is 2.24. The molecule has 31 heavy (non-hydrogen) atoms. The number of rotatable bonds is 5. The Labute approximate surface area is 189 Å². The highest BCUT2D eigenvalue weighted by atomic mass is 32.1. The van der Waals surface area contributed by atoms with Gasteiger partial charge in [-0.05, 0) is 37.1 Å². The Morgan fingerprint density at radius 2 is 1.90 bits per heavy atom. The van der Waals surface area contributed by atoms with Crippen molar-refractivity contribution in [3.05, 3.63) is 30.6 Å². The molecule has 1 fully saturated rings. The average Bonchev–Trinajstić information content (AvgIpc) is 3.48. The molecule has 0 radical (unpaired) electrons. The summed E-state index contributed by atoms with van der Waals surface area (Å²) >= 11 is 3.17. The number of aromatic nitrogens is 4. The van der Waals surface area contributed by atoms with Crippen LogP contribution in [0, 0.1) is 0 Å². The summed E-state index contributed by atoms with van der Waals surface area (Å²) in [6.45, 7) is 5.67. The van der Waals surface area contributed by atoms with Crippen LogP contribution in [0.25, 0.3) is 31.4 Å². The van der Waals surface area contributed by atoms with Gasteiger partial charge in [0.25, 0.3) is 0 Å². The molecule has 0 bridgehead atoms. The number of nitrogens with zero attached hydrogens (tertiary/aromatic N) is 6. The maximum absolute atomic E-state index is 10.6. The molecule has 3 aromatic heterocycles. The third kappa shape index (κ3) is 3.93. The van der Waals surface area contributed by atoms with Gasteiger partial charge >= 0.3 is 0 Å². The normalized spacial score (nSPS) is 15.7. The van der Waals surface area contributed by atoms with Crippen molar-refractivity contribution >= 4 is 37.5 Å². The van der Waals surface area contributed by atoms with Gasteiger partial charge in [-0.25, -0.2) is 9.97 Å². The Morgan fingerprint density at radius 1 is 1.13 bits per heavy atom. The Balaban J connectivity index is 1.36. The fourth-order valence-corrected chi connectivity index (χ4v) is 6.24. The molecule has 0 saturated carbocycles. The monoisotopic (exact) mass is 454 g/mol. The van der Waals surface area contributed by atoms with Crippen molar-refractivity contribution in [3.63, 3.8) is 0 Å².